The summed E-state index contributed by atoms with van der Waals surface area (Å²) in [5.74, 6) is 0.500. The van der Waals surface area contributed by atoms with E-state index in [0.717, 1.165) is 16.8 Å². The Morgan fingerprint density at radius 1 is 1.38 bits per heavy atom. The predicted molar refractivity (Wildman–Crippen MR) is 82.8 cm³/mol. The summed E-state index contributed by atoms with van der Waals surface area (Å²) in [5.41, 5.74) is 2.43. The van der Waals surface area contributed by atoms with Gasteiger partial charge in [-0.1, -0.05) is 17.7 Å². The fraction of sp³-hybridized carbons (Fsp3) is 0.200. The number of urea groups is 1. The van der Waals surface area contributed by atoms with Gasteiger partial charge in [-0.15, -0.1) is 0 Å². The third-order valence-electron chi connectivity index (χ3n) is 2.92. The number of anilines is 1. The summed E-state index contributed by atoms with van der Waals surface area (Å²) >= 11 is 5.88. The van der Waals surface area contributed by atoms with Crippen molar-refractivity contribution < 1.29 is 9.53 Å². The number of nitrogens with zero attached hydrogens (tertiary/aromatic N) is 1. The van der Waals surface area contributed by atoms with Crippen LogP contribution in [0.1, 0.15) is 11.1 Å². The molecule has 0 saturated carbocycles. The third kappa shape index (κ3) is 4.10. The Hall–Kier alpha value is -2.27. The number of ether oxygens (including phenoxy) is 1. The van der Waals surface area contributed by atoms with Crippen molar-refractivity contribution in [1.82, 2.24) is 10.3 Å². The van der Waals surface area contributed by atoms with Crippen LogP contribution in [0.2, 0.25) is 5.02 Å². The summed E-state index contributed by atoms with van der Waals surface area (Å²) in [4.78, 5) is 16.0. The fourth-order valence-electron chi connectivity index (χ4n) is 1.85. The van der Waals surface area contributed by atoms with Gasteiger partial charge in [0.1, 0.15) is 0 Å². The van der Waals surface area contributed by atoms with Crippen LogP contribution in [0, 0.1) is 6.92 Å². The van der Waals surface area contributed by atoms with Crippen LogP contribution in [-0.4, -0.2) is 18.1 Å². The summed E-state index contributed by atoms with van der Waals surface area (Å²) < 4.78 is 5.13. The Labute approximate surface area is 128 Å². The first-order valence-electron chi connectivity index (χ1n) is 6.39. The molecule has 0 aliphatic rings. The number of nitrogens with one attached hydrogen (secondary N) is 2. The Bertz CT molecular complexity index is 647. The summed E-state index contributed by atoms with van der Waals surface area (Å²) in [7, 11) is 1.54. The average molecular weight is 306 g/mol. The lowest BCUT2D eigenvalue weighted by molar-refractivity contribution is 0.251. The van der Waals surface area contributed by atoms with Gasteiger partial charge < -0.3 is 15.4 Å². The zero-order chi connectivity index (χ0) is 15.2. The minimum atomic E-state index is -0.300. The molecule has 0 radical (unpaired) electrons. The monoisotopic (exact) mass is 305 g/mol. The number of hydrogen-bond acceptors (Lipinski definition) is 3. The van der Waals surface area contributed by atoms with Gasteiger partial charge in [0, 0.05) is 29.0 Å². The highest BCUT2D eigenvalue weighted by molar-refractivity contribution is 6.30. The summed E-state index contributed by atoms with van der Waals surface area (Å²) in [6.07, 6.45) is 1.64. The number of carbonyl (C=O) groups is 1. The van der Waals surface area contributed by atoms with Gasteiger partial charge >= 0.3 is 6.03 Å². The van der Waals surface area contributed by atoms with Crippen LogP contribution >= 0.6 is 11.6 Å². The molecule has 6 heteroatoms. The quantitative estimate of drug-likeness (QED) is 0.910. The molecule has 0 spiro atoms. The molecule has 0 saturated heterocycles. The van der Waals surface area contributed by atoms with Crippen LogP contribution in [0.4, 0.5) is 10.5 Å². The topological polar surface area (TPSA) is 63.2 Å². The van der Waals surface area contributed by atoms with E-state index in [4.69, 9.17) is 16.3 Å². The second-order valence-corrected chi connectivity index (χ2v) is 4.88. The molecule has 0 bridgehead atoms. The molecule has 0 unspecified atom stereocenters. The second kappa shape index (κ2) is 6.95. The van der Waals surface area contributed by atoms with Crippen LogP contribution in [0.15, 0.2) is 36.5 Å². The van der Waals surface area contributed by atoms with Crippen molar-refractivity contribution in [2.75, 3.05) is 12.4 Å². The van der Waals surface area contributed by atoms with E-state index in [0.29, 0.717) is 17.4 Å². The molecule has 5 nitrogen and oxygen atoms in total. The molecule has 2 rings (SSSR count). The fourth-order valence-corrected chi connectivity index (χ4v) is 2.08. The number of amides is 2. The SMILES string of the molecule is COc1ncccc1CNC(=O)Nc1ccc(Cl)cc1C. The summed E-state index contributed by atoms with van der Waals surface area (Å²) in [6.45, 7) is 2.21. The molecule has 1 heterocycles. The lowest BCUT2D eigenvalue weighted by Gasteiger charge is -2.11. The van der Waals surface area contributed by atoms with Crippen molar-refractivity contribution >= 4 is 23.3 Å². The van der Waals surface area contributed by atoms with Crippen LogP contribution in [0.25, 0.3) is 0 Å². The van der Waals surface area contributed by atoms with E-state index in [2.05, 4.69) is 15.6 Å². The lowest BCUT2D eigenvalue weighted by atomic mass is 10.2. The maximum atomic E-state index is 11.9. The smallest absolute Gasteiger partial charge is 0.319 e. The van der Waals surface area contributed by atoms with E-state index < -0.39 is 0 Å². The first-order chi connectivity index (χ1) is 10.1. The molecule has 1 aromatic carbocycles. The molecule has 0 aliphatic carbocycles. The summed E-state index contributed by atoms with van der Waals surface area (Å²) in [6, 6.07) is 8.63. The molecular weight excluding hydrogens is 290 g/mol. The molecule has 2 aromatic rings. The maximum absolute atomic E-state index is 11.9. The number of pyridine rings is 1. The van der Waals surface area contributed by atoms with Gasteiger partial charge in [-0.2, -0.15) is 0 Å². The van der Waals surface area contributed by atoms with E-state index >= 15 is 0 Å². The van der Waals surface area contributed by atoms with E-state index in [1.165, 1.54) is 0 Å². The number of benzene rings is 1. The highest BCUT2D eigenvalue weighted by Gasteiger charge is 2.07. The van der Waals surface area contributed by atoms with Crippen LogP contribution in [0.5, 0.6) is 5.88 Å². The highest BCUT2D eigenvalue weighted by atomic mass is 35.5. The van der Waals surface area contributed by atoms with Crippen LogP contribution in [0.3, 0.4) is 0 Å². The van der Waals surface area contributed by atoms with Gasteiger partial charge in [-0.25, -0.2) is 9.78 Å². The van der Waals surface area contributed by atoms with Gasteiger partial charge in [-0.3, -0.25) is 0 Å². The van der Waals surface area contributed by atoms with E-state index in [9.17, 15) is 4.79 Å². The molecule has 2 amide bonds. The van der Waals surface area contributed by atoms with E-state index in [1.807, 2.05) is 13.0 Å². The number of aromatic nitrogens is 1. The molecule has 0 aliphatic heterocycles. The van der Waals surface area contributed by atoms with Crippen molar-refractivity contribution in [3.63, 3.8) is 0 Å². The average Bonchev–Trinajstić information content (AvgIpc) is 2.48. The van der Waals surface area contributed by atoms with Crippen molar-refractivity contribution in [2.24, 2.45) is 0 Å². The van der Waals surface area contributed by atoms with Crippen LogP contribution < -0.4 is 15.4 Å². The number of aryl methyl sites for hydroxylation is 1. The molecule has 0 atom stereocenters. The van der Waals surface area contributed by atoms with Gasteiger partial charge in [0.05, 0.1) is 7.11 Å². The zero-order valence-electron chi connectivity index (χ0n) is 11.8. The minimum Gasteiger partial charge on any atom is -0.481 e. The Morgan fingerprint density at radius 2 is 2.19 bits per heavy atom. The molecule has 21 heavy (non-hydrogen) atoms. The van der Waals surface area contributed by atoms with Gasteiger partial charge in [0.25, 0.3) is 0 Å². The first-order valence-corrected chi connectivity index (χ1v) is 6.77. The second-order valence-electron chi connectivity index (χ2n) is 4.44. The van der Waals surface area contributed by atoms with Crippen molar-refractivity contribution in [3.8, 4) is 5.88 Å². The molecule has 0 fully saturated rings. The first kappa shape index (κ1) is 15.1. The zero-order valence-corrected chi connectivity index (χ0v) is 12.6. The molecule has 2 N–H and O–H groups in total. The molecule has 110 valence electrons. The normalized spacial score (nSPS) is 10.0. The number of halogens is 1. The Balaban J connectivity index is 1.96. The van der Waals surface area contributed by atoms with Crippen LogP contribution in [-0.2, 0) is 6.54 Å². The Morgan fingerprint density at radius 3 is 2.90 bits per heavy atom. The number of rotatable bonds is 4. The van der Waals surface area contributed by atoms with Crippen molar-refractivity contribution in [1.29, 1.82) is 0 Å². The molecular formula is C15H16ClN3O2. The standard InChI is InChI=1S/C15H16ClN3O2/c1-10-8-12(16)5-6-13(10)19-15(20)18-9-11-4-3-7-17-14(11)21-2/h3-8H,9H2,1-2H3,(H2,18,19,20). The van der Waals surface area contributed by atoms with E-state index in [-0.39, 0.29) is 6.03 Å². The van der Waals surface area contributed by atoms with Gasteiger partial charge in [-0.05, 0) is 36.8 Å². The summed E-state index contributed by atoms with van der Waals surface area (Å²) in [5, 5.41) is 6.17. The van der Waals surface area contributed by atoms with Crippen molar-refractivity contribution in [2.45, 2.75) is 13.5 Å². The third-order valence-corrected chi connectivity index (χ3v) is 3.15. The lowest BCUT2D eigenvalue weighted by Crippen LogP contribution is -2.28. The predicted octanol–water partition coefficient (Wildman–Crippen LogP) is 3.37. The number of hydrogen-bond donors (Lipinski definition) is 2. The highest BCUT2D eigenvalue weighted by Crippen LogP contribution is 2.19. The molecule has 1 aromatic heterocycles. The van der Waals surface area contributed by atoms with E-state index in [1.54, 1.807) is 37.6 Å². The van der Waals surface area contributed by atoms with Gasteiger partial charge in [0.15, 0.2) is 0 Å². The van der Waals surface area contributed by atoms with Crippen molar-refractivity contribution in [3.05, 3.63) is 52.7 Å². The maximum Gasteiger partial charge on any atom is 0.319 e. The van der Waals surface area contributed by atoms with Gasteiger partial charge in [0.2, 0.25) is 5.88 Å². The Kier molecular flexibility index (Phi) is 5.00. The number of carbonyl (C=O) groups excluding carboxylic acids is 1. The largest absolute Gasteiger partial charge is 0.481 e. The minimum absolute atomic E-state index is 0.300. The number of methoxy groups -OCH3 is 1.